The number of hydrogen-bond donors (Lipinski definition) is 2. The highest BCUT2D eigenvalue weighted by molar-refractivity contribution is 7.17. The summed E-state index contributed by atoms with van der Waals surface area (Å²) in [5, 5.41) is 16.2. The molecule has 3 rings (SSSR count). The minimum atomic E-state index is -0.907. The van der Waals surface area contributed by atoms with E-state index in [1.54, 1.807) is 0 Å². The average molecular weight is 417 g/mol. The Morgan fingerprint density at radius 2 is 1.97 bits per heavy atom. The molecular weight excluding hydrogens is 398 g/mol. The molecule has 0 unspecified atom stereocenters. The van der Waals surface area contributed by atoms with Gasteiger partial charge in [0.25, 0.3) is 17.5 Å². The lowest BCUT2D eigenvalue weighted by atomic mass is 9.88. The largest absolute Gasteiger partial charge is 0.453 e. The molecule has 0 saturated carbocycles. The molecule has 3 amide bonds. The number of benzene rings is 1. The van der Waals surface area contributed by atoms with Crippen LogP contribution in [-0.4, -0.2) is 29.9 Å². The van der Waals surface area contributed by atoms with Gasteiger partial charge in [-0.15, -0.1) is 11.3 Å². The molecule has 1 aliphatic rings. The Labute approximate surface area is 170 Å². The Balaban J connectivity index is 1.98. The summed E-state index contributed by atoms with van der Waals surface area (Å²) >= 11 is 1.25. The number of para-hydroxylation sites is 1. The van der Waals surface area contributed by atoms with Gasteiger partial charge in [-0.25, -0.2) is 4.79 Å². The number of hydrogen-bond acceptors (Lipinski definition) is 7. The smallest absolute Gasteiger partial charge is 0.413 e. The Kier molecular flexibility index (Phi) is 5.92. The number of ether oxygens (including phenoxy) is 1. The van der Waals surface area contributed by atoms with E-state index in [9.17, 15) is 24.5 Å². The van der Waals surface area contributed by atoms with E-state index in [4.69, 9.17) is 0 Å². The maximum atomic E-state index is 12.7. The number of thiophene rings is 1. The molecule has 1 atom stereocenters. The molecule has 1 aliphatic carbocycles. The molecule has 1 aromatic heterocycles. The highest BCUT2D eigenvalue weighted by Crippen LogP contribution is 2.40. The molecule has 0 bridgehead atoms. The van der Waals surface area contributed by atoms with Gasteiger partial charge in [-0.1, -0.05) is 19.1 Å². The van der Waals surface area contributed by atoms with Crippen LogP contribution in [0.3, 0.4) is 0 Å². The summed E-state index contributed by atoms with van der Waals surface area (Å²) in [7, 11) is 1.14. The maximum Gasteiger partial charge on any atom is 0.413 e. The zero-order valence-corrected chi connectivity index (χ0v) is 16.6. The lowest BCUT2D eigenvalue weighted by Gasteiger charge is -2.18. The van der Waals surface area contributed by atoms with Crippen molar-refractivity contribution in [2.75, 3.05) is 12.4 Å². The van der Waals surface area contributed by atoms with Gasteiger partial charge in [-0.3, -0.25) is 25.0 Å². The van der Waals surface area contributed by atoms with Crippen molar-refractivity contribution >= 4 is 39.9 Å². The molecule has 9 nitrogen and oxygen atoms in total. The lowest BCUT2D eigenvalue weighted by Crippen LogP contribution is -2.31. The van der Waals surface area contributed by atoms with E-state index in [0.29, 0.717) is 12.3 Å². The molecule has 0 spiro atoms. The highest BCUT2D eigenvalue weighted by Gasteiger charge is 2.30. The molecule has 10 heteroatoms. The molecule has 1 aromatic carbocycles. The van der Waals surface area contributed by atoms with Gasteiger partial charge in [0.1, 0.15) is 10.6 Å². The molecule has 152 valence electrons. The van der Waals surface area contributed by atoms with E-state index in [1.807, 2.05) is 0 Å². The van der Waals surface area contributed by atoms with Crippen molar-refractivity contribution in [3.05, 3.63) is 55.9 Å². The second kappa shape index (κ2) is 8.39. The minimum Gasteiger partial charge on any atom is -0.453 e. The van der Waals surface area contributed by atoms with Crippen LogP contribution in [0.2, 0.25) is 0 Å². The van der Waals surface area contributed by atoms with Gasteiger partial charge in [0, 0.05) is 10.9 Å². The quantitative estimate of drug-likeness (QED) is 0.579. The average Bonchev–Trinajstić information content (AvgIpc) is 3.04. The topological polar surface area (TPSA) is 128 Å². The Bertz CT molecular complexity index is 1000. The van der Waals surface area contributed by atoms with Gasteiger partial charge < -0.3 is 10.1 Å². The number of amides is 3. The number of nitrogens with one attached hydrogen (secondary N) is 2. The predicted octanol–water partition coefficient (Wildman–Crippen LogP) is 3.53. The summed E-state index contributed by atoms with van der Waals surface area (Å²) in [6.07, 6.45) is 1.35. The van der Waals surface area contributed by atoms with Crippen LogP contribution in [0.15, 0.2) is 24.3 Å². The normalized spacial score (nSPS) is 15.2. The van der Waals surface area contributed by atoms with E-state index in [2.05, 4.69) is 22.3 Å². The van der Waals surface area contributed by atoms with Crippen molar-refractivity contribution in [3.8, 4) is 0 Å². The van der Waals surface area contributed by atoms with Crippen molar-refractivity contribution in [2.24, 2.45) is 5.92 Å². The first kappa shape index (κ1) is 20.5. The fourth-order valence-corrected chi connectivity index (χ4v) is 4.68. The van der Waals surface area contributed by atoms with Gasteiger partial charge >= 0.3 is 6.09 Å². The number of rotatable bonds is 4. The monoisotopic (exact) mass is 417 g/mol. The first-order valence-electron chi connectivity index (χ1n) is 8.90. The van der Waals surface area contributed by atoms with E-state index in [0.717, 1.165) is 30.4 Å². The molecule has 0 saturated heterocycles. The fraction of sp³-hybridized carbons (Fsp3) is 0.316. The third-order valence-electron chi connectivity index (χ3n) is 4.71. The number of anilines is 1. The van der Waals surface area contributed by atoms with Crippen molar-refractivity contribution in [1.82, 2.24) is 5.32 Å². The summed E-state index contributed by atoms with van der Waals surface area (Å²) in [4.78, 5) is 48.4. The lowest BCUT2D eigenvalue weighted by molar-refractivity contribution is -0.385. The molecule has 0 aliphatic heterocycles. The maximum absolute atomic E-state index is 12.7. The number of carbonyl (C=O) groups excluding carboxylic acids is 3. The number of nitrogens with zero attached hydrogens (tertiary/aromatic N) is 1. The van der Waals surface area contributed by atoms with Crippen LogP contribution in [0.1, 0.15) is 44.5 Å². The van der Waals surface area contributed by atoms with Crippen molar-refractivity contribution < 1.29 is 24.0 Å². The zero-order valence-electron chi connectivity index (χ0n) is 15.8. The summed E-state index contributed by atoms with van der Waals surface area (Å²) < 4.78 is 4.48. The number of methoxy groups -OCH3 is 1. The number of imide groups is 1. The molecular formula is C19H19N3O6S. The van der Waals surface area contributed by atoms with Crippen molar-refractivity contribution in [3.63, 3.8) is 0 Å². The number of nitro groups is 1. The van der Waals surface area contributed by atoms with Crippen molar-refractivity contribution in [2.45, 2.75) is 26.2 Å². The molecule has 29 heavy (non-hydrogen) atoms. The van der Waals surface area contributed by atoms with Gasteiger partial charge in [-0.05, 0) is 36.8 Å². The molecule has 1 heterocycles. The van der Waals surface area contributed by atoms with Crippen LogP contribution in [0, 0.1) is 16.0 Å². The first-order chi connectivity index (χ1) is 13.8. The van der Waals surface area contributed by atoms with E-state index < -0.39 is 22.8 Å². The second-order valence-corrected chi connectivity index (χ2v) is 7.84. The molecule has 0 radical (unpaired) electrons. The standard InChI is InChI=1S/C19H19N3O6S/c1-10-7-8-12-14(9-10)29-18(15(12)17(24)21-19(25)28-2)20-16(23)11-5-3-4-6-13(11)22(26)27/h3-6,10H,7-9H2,1-2H3,(H,20,23)(H,21,24,25)/t10-/m0/s1. The third kappa shape index (κ3) is 4.27. The second-order valence-electron chi connectivity index (χ2n) is 6.73. The number of fused-ring (bicyclic) bond motifs is 1. The SMILES string of the molecule is COC(=O)NC(=O)c1c(NC(=O)c2ccccc2[N+](=O)[O-])sc2c1CC[C@H](C)C2. The summed E-state index contributed by atoms with van der Waals surface area (Å²) in [6.45, 7) is 2.10. The molecule has 0 fully saturated rings. The summed E-state index contributed by atoms with van der Waals surface area (Å²) in [6, 6.07) is 5.57. The van der Waals surface area contributed by atoms with Crippen LogP contribution in [0.5, 0.6) is 0 Å². The van der Waals surface area contributed by atoms with Gasteiger partial charge in [0.2, 0.25) is 0 Å². The van der Waals surface area contributed by atoms with Crippen LogP contribution >= 0.6 is 11.3 Å². The first-order valence-corrected chi connectivity index (χ1v) is 9.72. The van der Waals surface area contributed by atoms with E-state index in [1.165, 1.54) is 35.6 Å². The number of alkyl carbamates (subject to hydrolysis) is 1. The zero-order chi connectivity index (χ0) is 21.1. The Hall–Kier alpha value is -3.27. The molecule has 2 N–H and O–H groups in total. The van der Waals surface area contributed by atoms with Gasteiger partial charge in [0.05, 0.1) is 17.6 Å². The summed E-state index contributed by atoms with van der Waals surface area (Å²) in [5.41, 5.74) is 0.540. The minimum absolute atomic E-state index is 0.114. The van der Waals surface area contributed by atoms with Crippen LogP contribution in [-0.2, 0) is 17.6 Å². The predicted molar refractivity (Wildman–Crippen MR) is 106 cm³/mol. The highest BCUT2D eigenvalue weighted by atomic mass is 32.1. The van der Waals surface area contributed by atoms with Crippen LogP contribution in [0.25, 0.3) is 0 Å². The molecule has 2 aromatic rings. The van der Waals surface area contributed by atoms with E-state index >= 15 is 0 Å². The number of nitro benzene ring substituents is 1. The van der Waals surface area contributed by atoms with Crippen molar-refractivity contribution in [1.29, 1.82) is 0 Å². The summed E-state index contributed by atoms with van der Waals surface area (Å²) in [5.74, 6) is -0.950. The van der Waals surface area contributed by atoms with Gasteiger partial charge in [-0.2, -0.15) is 0 Å². The van der Waals surface area contributed by atoms with Crippen LogP contribution in [0.4, 0.5) is 15.5 Å². The Morgan fingerprint density at radius 1 is 1.24 bits per heavy atom. The third-order valence-corrected chi connectivity index (χ3v) is 5.88. The number of carbonyl (C=O) groups is 3. The van der Waals surface area contributed by atoms with Crippen LogP contribution < -0.4 is 10.6 Å². The fourth-order valence-electron chi connectivity index (χ4n) is 3.28. The van der Waals surface area contributed by atoms with Gasteiger partial charge in [0.15, 0.2) is 0 Å². The van der Waals surface area contributed by atoms with E-state index in [-0.39, 0.29) is 21.8 Å². The Morgan fingerprint density at radius 3 is 2.66 bits per heavy atom.